The fraction of sp³-hybridized carbons (Fsp3) is 0.286. The number of Topliss-reactive ketones (excluding diaryl/α,β-unsaturated/α-hetero) is 2. The van der Waals surface area contributed by atoms with Crippen molar-refractivity contribution >= 4 is 11.6 Å². The maximum atomic E-state index is 11.6. The Morgan fingerprint density at radius 2 is 1.06 bits per heavy atom. The zero-order chi connectivity index (χ0) is 11.1. The van der Waals surface area contributed by atoms with Gasteiger partial charge >= 0.3 is 0 Å². The summed E-state index contributed by atoms with van der Waals surface area (Å²) in [6, 6.07) is 0. The second kappa shape index (κ2) is 3.41. The molecule has 2 heteroatoms. The van der Waals surface area contributed by atoms with Crippen LogP contribution in [-0.2, 0) is 9.59 Å². The molecule has 0 saturated carbocycles. The van der Waals surface area contributed by atoms with Crippen LogP contribution in [0.1, 0.15) is 25.7 Å². The molecule has 0 aromatic rings. The van der Waals surface area contributed by atoms with E-state index in [1.807, 2.05) is 24.3 Å². The summed E-state index contributed by atoms with van der Waals surface area (Å²) in [6.07, 6.45) is 10.5. The van der Waals surface area contributed by atoms with Crippen molar-refractivity contribution in [1.82, 2.24) is 0 Å². The second-order valence-electron chi connectivity index (χ2n) is 4.39. The Labute approximate surface area is 94.0 Å². The second-order valence-corrected chi connectivity index (χ2v) is 4.39. The molecule has 0 aromatic heterocycles. The average molecular weight is 212 g/mol. The number of carbonyl (C=O) groups excluding carboxylic acids is 2. The zero-order valence-electron chi connectivity index (χ0n) is 8.95. The highest BCUT2D eigenvalue weighted by Crippen LogP contribution is 2.31. The topological polar surface area (TPSA) is 34.1 Å². The van der Waals surface area contributed by atoms with Crippen LogP contribution >= 0.6 is 0 Å². The van der Waals surface area contributed by atoms with E-state index in [4.69, 9.17) is 0 Å². The van der Waals surface area contributed by atoms with Crippen molar-refractivity contribution in [2.24, 2.45) is 0 Å². The number of carbonyl (C=O) groups is 2. The highest BCUT2D eigenvalue weighted by atomic mass is 16.1. The van der Waals surface area contributed by atoms with Gasteiger partial charge < -0.3 is 0 Å². The summed E-state index contributed by atoms with van der Waals surface area (Å²) in [5, 5.41) is 0. The molecular formula is C14H12O2. The standard InChI is InChI=1S/C14H12O2/c15-13-8-4-10-2-6-12-9(1-5-11(10)13)3-7-14(12)16/h1-2,5-6H,3-4,7-8H2/b5-1-,6-2-,9-1?,10-2?,11-5?,12-6?. The van der Waals surface area contributed by atoms with Crippen molar-refractivity contribution in [3.8, 4) is 0 Å². The van der Waals surface area contributed by atoms with Crippen molar-refractivity contribution in [3.63, 3.8) is 0 Å². The molecule has 0 aliphatic heterocycles. The Hall–Kier alpha value is -1.70. The predicted octanol–water partition coefficient (Wildman–Crippen LogP) is 2.43. The van der Waals surface area contributed by atoms with Gasteiger partial charge in [-0.15, -0.1) is 0 Å². The third kappa shape index (κ3) is 1.33. The van der Waals surface area contributed by atoms with Crippen LogP contribution in [0.15, 0.2) is 46.6 Å². The maximum absolute atomic E-state index is 11.6. The van der Waals surface area contributed by atoms with Crippen LogP contribution in [0.5, 0.6) is 0 Å². The largest absolute Gasteiger partial charge is 0.294 e. The molecule has 0 aromatic carbocycles. The van der Waals surface area contributed by atoms with E-state index in [-0.39, 0.29) is 11.6 Å². The zero-order valence-corrected chi connectivity index (χ0v) is 8.95. The van der Waals surface area contributed by atoms with E-state index in [2.05, 4.69) is 0 Å². The minimum atomic E-state index is 0.226. The monoisotopic (exact) mass is 212 g/mol. The summed E-state index contributed by atoms with van der Waals surface area (Å²) in [7, 11) is 0. The molecule has 0 amide bonds. The molecule has 0 unspecified atom stereocenters. The first-order valence-corrected chi connectivity index (χ1v) is 5.64. The Bertz CT molecular complexity index is 465. The van der Waals surface area contributed by atoms with Crippen LogP contribution in [0.3, 0.4) is 0 Å². The van der Waals surface area contributed by atoms with E-state index in [9.17, 15) is 9.59 Å². The molecule has 0 fully saturated rings. The number of ketones is 2. The van der Waals surface area contributed by atoms with Gasteiger partial charge in [0.2, 0.25) is 0 Å². The van der Waals surface area contributed by atoms with Crippen molar-refractivity contribution in [2.75, 3.05) is 0 Å². The van der Waals surface area contributed by atoms with Crippen molar-refractivity contribution in [3.05, 3.63) is 46.6 Å². The SMILES string of the molecule is O=C1CCC2=C1/C=C\C1=C(/C=C\2)C(=O)CC1. The Balaban J connectivity index is 2.06. The quantitative estimate of drug-likeness (QED) is 0.618. The van der Waals surface area contributed by atoms with E-state index in [0.29, 0.717) is 12.8 Å². The van der Waals surface area contributed by atoms with Crippen LogP contribution in [0.4, 0.5) is 0 Å². The van der Waals surface area contributed by atoms with Gasteiger partial charge in [0, 0.05) is 24.0 Å². The highest BCUT2D eigenvalue weighted by molar-refractivity contribution is 6.04. The lowest BCUT2D eigenvalue weighted by atomic mass is 10.0. The molecule has 0 spiro atoms. The Morgan fingerprint density at radius 3 is 1.50 bits per heavy atom. The molecule has 80 valence electrons. The Kier molecular flexibility index (Phi) is 2.03. The fourth-order valence-electron chi connectivity index (χ4n) is 2.51. The van der Waals surface area contributed by atoms with Gasteiger partial charge in [-0.25, -0.2) is 0 Å². The van der Waals surface area contributed by atoms with Crippen molar-refractivity contribution in [2.45, 2.75) is 25.7 Å². The molecule has 0 radical (unpaired) electrons. The summed E-state index contributed by atoms with van der Waals surface area (Å²) in [6.45, 7) is 0. The van der Waals surface area contributed by atoms with Crippen LogP contribution in [0, 0.1) is 0 Å². The summed E-state index contributed by atoms with van der Waals surface area (Å²) in [5.74, 6) is 0.452. The minimum Gasteiger partial charge on any atom is -0.294 e. The molecule has 0 atom stereocenters. The average Bonchev–Trinajstić information content (AvgIpc) is 2.73. The molecule has 0 bridgehead atoms. The van der Waals surface area contributed by atoms with Gasteiger partial charge in [0.1, 0.15) is 0 Å². The van der Waals surface area contributed by atoms with E-state index in [1.165, 1.54) is 0 Å². The van der Waals surface area contributed by atoms with Crippen LogP contribution in [-0.4, -0.2) is 11.6 Å². The van der Waals surface area contributed by atoms with Gasteiger partial charge in [-0.05, 0) is 24.0 Å². The van der Waals surface area contributed by atoms with Crippen molar-refractivity contribution < 1.29 is 9.59 Å². The predicted molar refractivity (Wildman–Crippen MR) is 60.8 cm³/mol. The molecule has 2 nitrogen and oxygen atoms in total. The first kappa shape index (κ1) is 9.52. The van der Waals surface area contributed by atoms with Gasteiger partial charge in [0.05, 0.1) is 0 Å². The number of hydrogen-bond donors (Lipinski definition) is 0. The lowest BCUT2D eigenvalue weighted by molar-refractivity contribution is -0.115. The minimum absolute atomic E-state index is 0.226. The van der Waals surface area contributed by atoms with Crippen LogP contribution in [0.2, 0.25) is 0 Å². The van der Waals surface area contributed by atoms with Crippen molar-refractivity contribution in [1.29, 1.82) is 0 Å². The number of hydrogen-bond acceptors (Lipinski definition) is 2. The summed E-state index contributed by atoms with van der Waals surface area (Å²) >= 11 is 0. The molecular weight excluding hydrogens is 200 g/mol. The molecule has 0 saturated heterocycles. The molecule has 0 heterocycles. The first-order valence-electron chi connectivity index (χ1n) is 5.64. The van der Waals surface area contributed by atoms with Crippen LogP contribution < -0.4 is 0 Å². The van der Waals surface area contributed by atoms with Gasteiger partial charge in [-0.3, -0.25) is 9.59 Å². The van der Waals surface area contributed by atoms with E-state index < -0.39 is 0 Å². The molecule has 3 aliphatic rings. The maximum Gasteiger partial charge on any atom is 0.163 e. The summed E-state index contributed by atoms with van der Waals surface area (Å²) in [4.78, 5) is 23.2. The van der Waals surface area contributed by atoms with Gasteiger partial charge in [0.15, 0.2) is 11.6 Å². The molecule has 3 rings (SSSR count). The first-order chi connectivity index (χ1) is 7.75. The Morgan fingerprint density at radius 1 is 0.625 bits per heavy atom. The fourth-order valence-corrected chi connectivity index (χ4v) is 2.51. The summed E-state index contributed by atoms with van der Waals surface area (Å²) in [5.41, 5.74) is 3.82. The molecule has 16 heavy (non-hydrogen) atoms. The number of allylic oxidation sites excluding steroid dienone is 8. The third-order valence-corrected chi connectivity index (χ3v) is 3.44. The van der Waals surface area contributed by atoms with E-state index in [1.54, 1.807) is 0 Å². The van der Waals surface area contributed by atoms with E-state index in [0.717, 1.165) is 35.1 Å². The normalized spacial score (nSPS) is 27.8. The smallest absolute Gasteiger partial charge is 0.163 e. The number of rotatable bonds is 0. The molecule has 3 aliphatic carbocycles. The lowest BCUT2D eigenvalue weighted by Crippen LogP contribution is -1.96. The van der Waals surface area contributed by atoms with Crippen LogP contribution in [0.25, 0.3) is 0 Å². The van der Waals surface area contributed by atoms with Gasteiger partial charge in [-0.1, -0.05) is 24.3 Å². The van der Waals surface area contributed by atoms with E-state index >= 15 is 0 Å². The molecule has 0 N–H and O–H groups in total. The highest BCUT2D eigenvalue weighted by Gasteiger charge is 2.24. The third-order valence-electron chi connectivity index (χ3n) is 3.44. The lowest BCUT2D eigenvalue weighted by Gasteiger charge is -2.02. The van der Waals surface area contributed by atoms with Gasteiger partial charge in [0.25, 0.3) is 0 Å². The van der Waals surface area contributed by atoms with Gasteiger partial charge in [-0.2, -0.15) is 0 Å². The summed E-state index contributed by atoms with van der Waals surface area (Å²) < 4.78 is 0.